The van der Waals surface area contributed by atoms with Crippen LogP contribution < -0.4 is 14.4 Å². The first-order chi connectivity index (χ1) is 19.7. The molecule has 2 atom stereocenters. The number of methoxy groups -OCH3 is 1. The topological polar surface area (TPSA) is 91.8 Å². The second kappa shape index (κ2) is 10.2. The molecule has 1 saturated carbocycles. The third kappa shape index (κ3) is 4.70. The molecule has 3 saturated heterocycles. The minimum atomic E-state index is 0.328. The van der Waals surface area contributed by atoms with Crippen molar-refractivity contribution in [3.05, 3.63) is 66.2 Å². The van der Waals surface area contributed by atoms with E-state index >= 15 is 0 Å². The molecule has 0 N–H and O–H groups in total. The molecular weight excluding hydrogens is 502 g/mol. The van der Waals surface area contributed by atoms with Gasteiger partial charge in [-0.15, -0.1) is 0 Å². The molecule has 200 valence electrons. The molecular formula is C31H29N7O2. The molecule has 4 aromatic heterocycles. The van der Waals surface area contributed by atoms with Crippen molar-refractivity contribution in [3.63, 3.8) is 0 Å². The molecule has 3 aliphatic heterocycles. The fraction of sp³-hybridized carbons (Fsp3) is 0.355. The fourth-order valence-electron chi connectivity index (χ4n) is 5.71. The molecule has 9 nitrogen and oxygen atoms in total. The molecule has 9 heteroatoms. The quantitative estimate of drug-likeness (QED) is 0.332. The van der Waals surface area contributed by atoms with Gasteiger partial charge in [0.25, 0.3) is 0 Å². The summed E-state index contributed by atoms with van der Waals surface area (Å²) >= 11 is 0. The number of pyridine rings is 3. The van der Waals surface area contributed by atoms with E-state index in [0.29, 0.717) is 41.8 Å². The van der Waals surface area contributed by atoms with Crippen LogP contribution in [-0.2, 0) is 6.54 Å². The zero-order valence-electron chi connectivity index (χ0n) is 22.3. The summed E-state index contributed by atoms with van der Waals surface area (Å²) in [7, 11) is 1.64. The number of aromatic nitrogens is 4. The third-order valence-corrected chi connectivity index (χ3v) is 8.00. The Morgan fingerprint density at radius 3 is 2.62 bits per heavy atom. The van der Waals surface area contributed by atoms with Gasteiger partial charge < -0.3 is 14.4 Å². The second-order valence-electron chi connectivity index (χ2n) is 10.7. The predicted molar refractivity (Wildman–Crippen MR) is 150 cm³/mol. The number of ether oxygens (including phenoxy) is 2. The van der Waals surface area contributed by atoms with Crippen LogP contribution in [0, 0.1) is 29.1 Å². The highest BCUT2D eigenvalue weighted by Crippen LogP contribution is 2.36. The van der Waals surface area contributed by atoms with Crippen LogP contribution in [0.15, 0.2) is 55.1 Å². The number of nitriles is 1. The van der Waals surface area contributed by atoms with Crippen LogP contribution in [0.1, 0.15) is 30.4 Å². The first-order valence-electron chi connectivity index (χ1n) is 13.7. The van der Waals surface area contributed by atoms with Crippen LogP contribution in [0.2, 0.25) is 0 Å². The maximum atomic E-state index is 9.69. The zero-order valence-corrected chi connectivity index (χ0v) is 22.3. The van der Waals surface area contributed by atoms with Crippen molar-refractivity contribution >= 4 is 11.3 Å². The van der Waals surface area contributed by atoms with Gasteiger partial charge in [0.05, 0.1) is 30.6 Å². The highest BCUT2D eigenvalue weighted by atomic mass is 16.5. The predicted octanol–water partition coefficient (Wildman–Crippen LogP) is 3.93. The Hall–Kier alpha value is -4.60. The summed E-state index contributed by atoms with van der Waals surface area (Å²) in [4.78, 5) is 14.1. The molecule has 4 aliphatic rings. The van der Waals surface area contributed by atoms with Crippen molar-refractivity contribution < 1.29 is 9.47 Å². The van der Waals surface area contributed by atoms with Gasteiger partial charge in [0.1, 0.15) is 24.2 Å². The number of fused-ring (bicyclic) bond motifs is 3. The van der Waals surface area contributed by atoms with Gasteiger partial charge in [-0.3, -0.25) is 4.90 Å². The summed E-state index contributed by atoms with van der Waals surface area (Å²) in [6.45, 7) is 3.13. The average Bonchev–Trinajstić information content (AvgIpc) is 3.74. The van der Waals surface area contributed by atoms with Gasteiger partial charge in [-0.2, -0.15) is 10.4 Å². The first-order valence-corrected chi connectivity index (χ1v) is 13.7. The number of piperidine rings is 1. The lowest BCUT2D eigenvalue weighted by Gasteiger charge is -2.56. The average molecular weight is 532 g/mol. The van der Waals surface area contributed by atoms with Crippen LogP contribution in [0.25, 0.3) is 16.6 Å². The van der Waals surface area contributed by atoms with Crippen LogP contribution in [0.3, 0.4) is 0 Å². The van der Waals surface area contributed by atoms with Crippen LogP contribution >= 0.6 is 0 Å². The van der Waals surface area contributed by atoms with Crippen molar-refractivity contribution in [2.75, 3.05) is 31.7 Å². The summed E-state index contributed by atoms with van der Waals surface area (Å²) in [6, 6.07) is 13.4. The van der Waals surface area contributed by atoms with Crippen LogP contribution in [0.4, 0.5) is 5.82 Å². The van der Waals surface area contributed by atoms with E-state index in [1.807, 2.05) is 24.5 Å². The van der Waals surface area contributed by atoms with E-state index in [-0.39, 0.29) is 0 Å². The monoisotopic (exact) mass is 531 g/mol. The van der Waals surface area contributed by atoms with E-state index in [0.717, 1.165) is 42.1 Å². The smallest absolute Gasteiger partial charge is 0.212 e. The largest absolute Gasteiger partial charge is 0.481 e. The van der Waals surface area contributed by atoms with Crippen molar-refractivity contribution in [2.45, 2.75) is 37.9 Å². The van der Waals surface area contributed by atoms with Crippen molar-refractivity contribution in [3.8, 4) is 40.7 Å². The van der Waals surface area contributed by atoms with Gasteiger partial charge in [-0.25, -0.2) is 14.5 Å². The number of anilines is 1. The van der Waals surface area contributed by atoms with Crippen molar-refractivity contribution in [1.82, 2.24) is 24.5 Å². The van der Waals surface area contributed by atoms with Gasteiger partial charge in [-0.1, -0.05) is 17.9 Å². The Labute approximate surface area is 233 Å². The lowest BCUT2D eigenvalue weighted by atomic mass is 9.87. The van der Waals surface area contributed by atoms with Crippen LogP contribution in [0.5, 0.6) is 11.6 Å². The highest BCUT2D eigenvalue weighted by Gasteiger charge is 2.44. The molecule has 0 amide bonds. The molecule has 4 aromatic rings. The zero-order chi connectivity index (χ0) is 27.1. The number of hydrogen-bond acceptors (Lipinski definition) is 8. The Balaban J connectivity index is 1.07. The maximum absolute atomic E-state index is 9.69. The lowest BCUT2D eigenvalue weighted by molar-refractivity contribution is -0.00876. The Kier molecular flexibility index (Phi) is 6.22. The van der Waals surface area contributed by atoms with Crippen molar-refractivity contribution in [2.24, 2.45) is 5.92 Å². The molecule has 2 unspecified atom stereocenters. The maximum Gasteiger partial charge on any atom is 0.212 e. The third-order valence-electron chi connectivity index (χ3n) is 8.00. The molecule has 1 aliphatic carbocycles. The number of nitrogens with zero attached hydrogens (tertiary/aromatic N) is 7. The summed E-state index contributed by atoms with van der Waals surface area (Å²) in [5, 5.41) is 14.1. The van der Waals surface area contributed by atoms with E-state index in [4.69, 9.17) is 14.5 Å². The number of piperazine rings is 1. The molecule has 0 spiro atoms. The molecule has 8 rings (SSSR count). The molecule has 0 radical (unpaired) electrons. The number of hydrogen-bond donors (Lipinski definition) is 0. The highest BCUT2D eigenvalue weighted by molar-refractivity contribution is 5.85. The summed E-state index contributed by atoms with van der Waals surface area (Å²) in [5.41, 5.74) is 4.24. The van der Waals surface area contributed by atoms with Crippen molar-refractivity contribution in [1.29, 1.82) is 5.26 Å². The molecule has 4 fully saturated rings. The van der Waals surface area contributed by atoms with Gasteiger partial charge in [0, 0.05) is 67.2 Å². The molecule has 2 bridgehead atoms. The van der Waals surface area contributed by atoms with Crippen LogP contribution in [-0.4, -0.2) is 63.4 Å². The van der Waals surface area contributed by atoms with Gasteiger partial charge in [-0.05, 0) is 43.0 Å². The Morgan fingerprint density at radius 2 is 1.93 bits per heavy atom. The minimum Gasteiger partial charge on any atom is -0.481 e. The normalized spacial score (nSPS) is 19.9. The fourth-order valence-corrected chi connectivity index (χ4v) is 5.71. The van der Waals surface area contributed by atoms with E-state index in [9.17, 15) is 5.26 Å². The summed E-state index contributed by atoms with van der Waals surface area (Å²) in [5.74, 6) is 9.14. The molecule has 40 heavy (non-hydrogen) atoms. The Morgan fingerprint density at radius 1 is 1.05 bits per heavy atom. The number of rotatable bonds is 7. The molecule has 0 aromatic carbocycles. The Bertz CT molecular complexity index is 1630. The summed E-state index contributed by atoms with van der Waals surface area (Å²) in [6.07, 6.45) is 10.8. The van der Waals surface area contributed by atoms with Gasteiger partial charge in [0.2, 0.25) is 5.88 Å². The van der Waals surface area contributed by atoms with E-state index in [1.165, 1.54) is 24.8 Å². The van der Waals surface area contributed by atoms with E-state index < -0.39 is 0 Å². The van der Waals surface area contributed by atoms with E-state index in [2.05, 4.69) is 56.0 Å². The van der Waals surface area contributed by atoms with Gasteiger partial charge in [0.15, 0.2) is 0 Å². The lowest BCUT2D eigenvalue weighted by Crippen LogP contribution is -2.68. The standard InChI is InChI=1S/C31H29N7O2/c1-39-30-9-6-22(14-34-30)17-37-25-11-26(37)19-36(18-25)29-8-7-23(15-33-29)28-12-27(40-10-2-3-21-4-5-21)20-38-31(28)24(13-32)16-35-38/h6-9,12,14-16,20-21,25-26H,4-5,10-11,17-19H2,1H3. The SMILES string of the molecule is COc1ccc(CN2C3CC2CN(c2ccc(-c4cc(OCC#CC5CC5)cn5ncc(C#N)c45)cn2)C3)cn1. The first kappa shape index (κ1) is 24.4. The van der Waals surface area contributed by atoms with Gasteiger partial charge >= 0.3 is 0 Å². The summed E-state index contributed by atoms with van der Waals surface area (Å²) < 4.78 is 12.8. The molecule has 7 heterocycles. The minimum absolute atomic E-state index is 0.328. The second-order valence-corrected chi connectivity index (χ2v) is 10.7. The van der Waals surface area contributed by atoms with E-state index in [1.54, 1.807) is 24.0 Å².